The summed E-state index contributed by atoms with van der Waals surface area (Å²) in [7, 11) is 1.40. The highest BCUT2D eigenvalue weighted by atomic mass is 16.5. The van der Waals surface area contributed by atoms with E-state index in [1.807, 2.05) is 19.1 Å². The van der Waals surface area contributed by atoms with E-state index in [-0.39, 0.29) is 5.97 Å². The molecule has 1 aliphatic rings. The topological polar surface area (TPSA) is 60.7 Å². The van der Waals surface area contributed by atoms with Crippen LogP contribution in [-0.4, -0.2) is 32.8 Å². The molecule has 2 heterocycles. The van der Waals surface area contributed by atoms with Gasteiger partial charge in [-0.3, -0.25) is 4.79 Å². The zero-order valence-corrected chi connectivity index (χ0v) is 10.1. The van der Waals surface area contributed by atoms with Crippen LogP contribution < -0.4 is 5.32 Å². The first-order valence-corrected chi connectivity index (χ1v) is 5.58. The Hall–Kier alpha value is -1.33. The molecular weight excluding hydrogens is 222 g/mol. The molecule has 0 atom stereocenters. The van der Waals surface area contributed by atoms with Gasteiger partial charge in [-0.25, -0.2) is 0 Å². The van der Waals surface area contributed by atoms with E-state index >= 15 is 0 Å². The zero-order valence-electron chi connectivity index (χ0n) is 10.1. The number of hydrogen-bond donors (Lipinski definition) is 1. The maximum Gasteiger partial charge on any atom is 0.317 e. The van der Waals surface area contributed by atoms with Crippen LogP contribution in [0.2, 0.25) is 0 Å². The molecule has 1 aliphatic heterocycles. The average Bonchev–Trinajstić information content (AvgIpc) is 2.67. The van der Waals surface area contributed by atoms with E-state index in [1.165, 1.54) is 7.11 Å². The van der Waals surface area contributed by atoms with Gasteiger partial charge in [0, 0.05) is 6.54 Å². The van der Waals surface area contributed by atoms with E-state index in [1.54, 1.807) is 0 Å². The third-order valence-electron chi connectivity index (χ3n) is 2.93. The summed E-state index contributed by atoms with van der Waals surface area (Å²) >= 11 is 0. The predicted octanol–water partition coefficient (Wildman–Crippen LogP) is 0.867. The van der Waals surface area contributed by atoms with Crippen LogP contribution in [0.25, 0.3) is 0 Å². The van der Waals surface area contributed by atoms with Crippen molar-refractivity contribution in [2.24, 2.45) is 5.41 Å². The van der Waals surface area contributed by atoms with Crippen LogP contribution in [0, 0.1) is 12.3 Å². The molecule has 0 aromatic carbocycles. The van der Waals surface area contributed by atoms with E-state index in [0.29, 0.717) is 26.3 Å². The summed E-state index contributed by atoms with van der Waals surface area (Å²) in [6.45, 7) is 3.89. The highest BCUT2D eigenvalue weighted by Crippen LogP contribution is 2.28. The number of aryl methyl sites for hydroxylation is 1. The summed E-state index contributed by atoms with van der Waals surface area (Å²) in [5.74, 6) is 1.53. The van der Waals surface area contributed by atoms with Crippen LogP contribution in [0.3, 0.4) is 0 Å². The lowest BCUT2D eigenvalue weighted by atomic mass is 9.86. The molecule has 1 N–H and O–H groups in total. The van der Waals surface area contributed by atoms with Gasteiger partial charge in [-0.15, -0.1) is 0 Å². The van der Waals surface area contributed by atoms with Crippen molar-refractivity contribution < 1.29 is 18.7 Å². The Morgan fingerprint density at radius 1 is 1.53 bits per heavy atom. The normalized spacial score (nSPS) is 17.5. The van der Waals surface area contributed by atoms with Gasteiger partial charge in [-0.05, 0) is 19.1 Å². The van der Waals surface area contributed by atoms with Gasteiger partial charge < -0.3 is 19.2 Å². The fraction of sp³-hybridized carbons (Fsp3) is 0.583. The molecule has 1 saturated heterocycles. The quantitative estimate of drug-likeness (QED) is 0.772. The molecule has 17 heavy (non-hydrogen) atoms. The monoisotopic (exact) mass is 239 g/mol. The Kier molecular flexibility index (Phi) is 3.49. The lowest BCUT2D eigenvalue weighted by Crippen LogP contribution is -2.55. The van der Waals surface area contributed by atoms with Gasteiger partial charge >= 0.3 is 5.97 Å². The van der Waals surface area contributed by atoms with E-state index in [4.69, 9.17) is 13.9 Å². The summed E-state index contributed by atoms with van der Waals surface area (Å²) in [5.41, 5.74) is -0.517. The molecule has 1 aromatic rings. The summed E-state index contributed by atoms with van der Waals surface area (Å²) in [4.78, 5) is 11.6. The van der Waals surface area contributed by atoms with Crippen molar-refractivity contribution in [1.29, 1.82) is 0 Å². The highest BCUT2D eigenvalue weighted by Gasteiger charge is 2.46. The van der Waals surface area contributed by atoms with Crippen molar-refractivity contribution in [3.05, 3.63) is 23.7 Å². The highest BCUT2D eigenvalue weighted by molar-refractivity contribution is 5.78. The lowest BCUT2D eigenvalue weighted by molar-refractivity contribution is -0.182. The van der Waals surface area contributed by atoms with Gasteiger partial charge in [0.05, 0.1) is 26.9 Å². The van der Waals surface area contributed by atoms with E-state index in [9.17, 15) is 4.79 Å². The SMILES string of the molecule is COC(=O)C1(CNCc2ccc(C)o2)COC1. The number of rotatable bonds is 5. The van der Waals surface area contributed by atoms with E-state index < -0.39 is 5.41 Å². The molecule has 2 rings (SSSR count). The second-order valence-corrected chi connectivity index (χ2v) is 4.38. The van der Waals surface area contributed by atoms with Gasteiger partial charge in [-0.2, -0.15) is 0 Å². The third kappa shape index (κ3) is 2.50. The molecule has 5 heteroatoms. The van der Waals surface area contributed by atoms with Crippen molar-refractivity contribution in [3.63, 3.8) is 0 Å². The fourth-order valence-electron chi connectivity index (χ4n) is 1.86. The minimum absolute atomic E-state index is 0.216. The van der Waals surface area contributed by atoms with Gasteiger partial charge in [0.1, 0.15) is 16.9 Å². The second-order valence-electron chi connectivity index (χ2n) is 4.38. The fourth-order valence-corrected chi connectivity index (χ4v) is 1.86. The predicted molar refractivity (Wildman–Crippen MR) is 60.4 cm³/mol. The molecule has 0 aliphatic carbocycles. The number of furan rings is 1. The van der Waals surface area contributed by atoms with Gasteiger partial charge in [0.15, 0.2) is 0 Å². The molecule has 0 unspecified atom stereocenters. The summed E-state index contributed by atoms with van der Waals surface area (Å²) in [6.07, 6.45) is 0. The maximum atomic E-state index is 11.6. The van der Waals surface area contributed by atoms with Crippen LogP contribution in [0.1, 0.15) is 11.5 Å². The summed E-state index contributed by atoms with van der Waals surface area (Å²) in [5, 5.41) is 3.20. The minimum Gasteiger partial charge on any atom is -0.468 e. The molecule has 0 saturated carbocycles. The van der Waals surface area contributed by atoms with E-state index in [2.05, 4.69) is 5.32 Å². The molecular formula is C12H17NO4. The van der Waals surface area contributed by atoms with Crippen molar-refractivity contribution >= 4 is 5.97 Å². The number of nitrogens with one attached hydrogen (secondary N) is 1. The standard InChI is InChI=1S/C12H17NO4/c1-9-3-4-10(17-9)5-13-6-12(7-16-8-12)11(14)15-2/h3-4,13H,5-8H2,1-2H3. The lowest BCUT2D eigenvalue weighted by Gasteiger charge is -2.38. The Balaban J connectivity index is 1.83. The third-order valence-corrected chi connectivity index (χ3v) is 2.93. The van der Waals surface area contributed by atoms with E-state index in [0.717, 1.165) is 11.5 Å². The van der Waals surface area contributed by atoms with Crippen LogP contribution in [-0.2, 0) is 20.8 Å². The molecule has 1 fully saturated rings. The number of carbonyl (C=O) groups is 1. The number of ether oxygens (including phenoxy) is 2. The van der Waals surface area contributed by atoms with Gasteiger partial charge in [-0.1, -0.05) is 0 Å². The number of methoxy groups -OCH3 is 1. The second kappa shape index (κ2) is 4.89. The Bertz CT molecular complexity index is 395. The van der Waals surface area contributed by atoms with Crippen molar-refractivity contribution in [1.82, 2.24) is 5.32 Å². The molecule has 0 spiro atoms. The molecule has 0 radical (unpaired) electrons. The zero-order chi connectivity index (χ0) is 12.3. The molecule has 5 nitrogen and oxygen atoms in total. The molecule has 94 valence electrons. The summed E-state index contributed by atoms with van der Waals surface area (Å²) in [6, 6.07) is 3.84. The molecule has 0 bridgehead atoms. The maximum absolute atomic E-state index is 11.6. The van der Waals surface area contributed by atoms with Crippen LogP contribution >= 0.6 is 0 Å². The Morgan fingerprint density at radius 2 is 2.29 bits per heavy atom. The summed E-state index contributed by atoms with van der Waals surface area (Å²) < 4.78 is 15.3. The van der Waals surface area contributed by atoms with Crippen LogP contribution in [0.5, 0.6) is 0 Å². The van der Waals surface area contributed by atoms with Crippen LogP contribution in [0.4, 0.5) is 0 Å². The van der Waals surface area contributed by atoms with Crippen molar-refractivity contribution in [3.8, 4) is 0 Å². The smallest absolute Gasteiger partial charge is 0.317 e. The molecule has 1 aromatic heterocycles. The first kappa shape index (κ1) is 12.1. The number of hydrogen-bond acceptors (Lipinski definition) is 5. The average molecular weight is 239 g/mol. The first-order chi connectivity index (χ1) is 8.16. The largest absolute Gasteiger partial charge is 0.468 e. The first-order valence-electron chi connectivity index (χ1n) is 5.58. The Labute approximate surface area is 100 Å². The van der Waals surface area contributed by atoms with Gasteiger partial charge in [0.2, 0.25) is 0 Å². The van der Waals surface area contributed by atoms with Crippen LogP contribution in [0.15, 0.2) is 16.5 Å². The molecule has 0 amide bonds. The van der Waals surface area contributed by atoms with Gasteiger partial charge in [0.25, 0.3) is 0 Å². The van der Waals surface area contributed by atoms with Crippen molar-refractivity contribution in [2.75, 3.05) is 26.9 Å². The minimum atomic E-state index is -0.517. The Morgan fingerprint density at radius 3 is 2.76 bits per heavy atom. The van der Waals surface area contributed by atoms with Crippen molar-refractivity contribution in [2.45, 2.75) is 13.5 Å². The number of carbonyl (C=O) groups excluding carboxylic acids is 1. The number of esters is 1.